The molecule has 0 bridgehead atoms. The molecule has 0 aliphatic heterocycles. The van der Waals surface area contributed by atoms with E-state index in [2.05, 4.69) is 15.3 Å². The largest absolute Gasteiger partial charge is 0.481 e. The number of carboxylic acid groups (broad SMARTS) is 1. The molecule has 2 amide bonds. The molecule has 1 aromatic heterocycles. The van der Waals surface area contributed by atoms with E-state index in [4.69, 9.17) is 9.84 Å². The number of hydrogen-bond acceptors (Lipinski definition) is 5. The molecule has 0 spiro atoms. The van der Waals surface area contributed by atoms with Crippen molar-refractivity contribution in [3.8, 4) is 11.1 Å². The summed E-state index contributed by atoms with van der Waals surface area (Å²) in [6.45, 7) is 0.492. The van der Waals surface area contributed by atoms with E-state index in [-0.39, 0.29) is 31.3 Å². The molecule has 0 saturated heterocycles. The van der Waals surface area contributed by atoms with Crippen LogP contribution in [-0.4, -0.2) is 64.2 Å². The predicted molar refractivity (Wildman–Crippen MR) is 129 cm³/mol. The Kier molecular flexibility index (Phi) is 7.45. The highest BCUT2D eigenvalue weighted by Gasteiger charge is 2.30. The van der Waals surface area contributed by atoms with Crippen LogP contribution < -0.4 is 5.32 Å². The second-order valence-corrected chi connectivity index (χ2v) is 8.54. The number of H-pyrrole nitrogens is 1. The molecular weight excluding hydrogens is 448 g/mol. The van der Waals surface area contributed by atoms with Crippen molar-refractivity contribution in [2.24, 2.45) is 0 Å². The number of fused-ring (bicyclic) bond motifs is 3. The van der Waals surface area contributed by atoms with Crippen LogP contribution >= 0.6 is 0 Å². The Bertz CT molecular complexity index is 1150. The fourth-order valence-electron chi connectivity index (χ4n) is 4.39. The van der Waals surface area contributed by atoms with E-state index in [1.165, 1.54) is 4.90 Å². The van der Waals surface area contributed by atoms with Crippen molar-refractivity contribution >= 4 is 18.0 Å². The molecule has 1 aliphatic rings. The molecule has 0 fully saturated rings. The number of likely N-dealkylation sites (N-methyl/N-ethyl adjacent to an activating group) is 1. The van der Waals surface area contributed by atoms with E-state index in [0.717, 1.165) is 27.9 Å². The number of aromatic nitrogens is 2. The second kappa shape index (κ2) is 10.9. The maximum Gasteiger partial charge on any atom is 0.407 e. The van der Waals surface area contributed by atoms with Gasteiger partial charge < -0.3 is 25.0 Å². The molecular formula is C26H28N4O5. The highest BCUT2D eigenvalue weighted by atomic mass is 16.5. The Balaban J connectivity index is 1.39. The molecule has 3 N–H and O–H groups in total. The lowest BCUT2D eigenvalue weighted by Crippen LogP contribution is -2.48. The van der Waals surface area contributed by atoms with Gasteiger partial charge in [0.15, 0.2) is 0 Å². The summed E-state index contributed by atoms with van der Waals surface area (Å²) in [5, 5.41) is 11.7. The van der Waals surface area contributed by atoms with Crippen molar-refractivity contribution in [2.45, 2.75) is 31.2 Å². The van der Waals surface area contributed by atoms with Crippen LogP contribution in [0.4, 0.5) is 4.79 Å². The average Bonchev–Trinajstić information content (AvgIpc) is 3.49. The van der Waals surface area contributed by atoms with Gasteiger partial charge in [0.2, 0.25) is 5.91 Å². The summed E-state index contributed by atoms with van der Waals surface area (Å²) in [4.78, 5) is 45.2. The van der Waals surface area contributed by atoms with Crippen LogP contribution in [0, 0.1) is 0 Å². The van der Waals surface area contributed by atoms with E-state index in [0.29, 0.717) is 13.0 Å². The van der Waals surface area contributed by atoms with Crippen molar-refractivity contribution < 1.29 is 24.2 Å². The van der Waals surface area contributed by atoms with Gasteiger partial charge in [-0.25, -0.2) is 9.78 Å². The van der Waals surface area contributed by atoms with Gasteiger partial charge in [0, 0.05) is 44.2 Å². The van der Waals surface area contributed by atoms with Crippen molar-refractivity contribution in [2.75, 3.05) is 20.2 Å². The first kappa shape index (κ1) is 24.0. The van der Waals surface area contributed by atoms with Gasteiger partial charge in [0.05, 0.1) is 6.33 Å². The third kappa shape index (κ3) is 5.68. The summed E-state index contributed by atoms with van der Waals surface area (Å²) in [5.74, 6) is -1.53. The zero-order chi connectivity index (χ0) is 24.8. The van der Waals surface area contributed by atoms with Gasteiger partial charge in [0.1, 0.15) is 12.6 Å². The number of aliphatic carboxylic acids is 1. The molecule has 35 heavy (non-hydrogen) atoms. The summed E-state index contributed by atoms with van der Waals surface area (Å²) >= 11 is 0. The highest BCUT2D eigenvalue weighted by molar-refractivity contribution is 5.86. The number of carboxylic acids is 1. The lowest BCUT2D eigenvalue weighted by atomic mass is 9.98. The van der Waals surface area contributed by atoms with E-state index < -0.39 is 18.1 Å². The third-order valence-corrected chi connectivity index (χ3v) is 6.23. The van der Waals surface area contributed by atoms with E-state index >= 15 is 0 Å². The highest BCUT2D eigenvalue weighted by Crippen LogP contribution is 2.44. The summed E-state index contributed by atoms with van der Waals surface area (Å²) in [6, 6.07) is 15.0. The number of hydrogen-bond donors (Lipinski definition) is 3. The second-order valence-electron chi connectivity index (χ2n) is 8.54. The Hall–Kier alpha value is -4.14. The molecule has 2 aromatic carbocycles. The maximum absolute atomic E-state index is 13.0. The smallest absolute Gasteiger partial charge is 0.407 e. The average molecular weight is 477 g/mol. The summed E-state index contributed by atoms with van der Waals surface area (Å²) < 4.78 is 5.54. The molecule has 0 saturated carbocycles. The minimum Gasteiger partial charge on any atom is -0.481 e. The van der Waals surface area contributed by atoms with Gasteiger partial charge in [-0.3, -0.25) is 9.59 Å². The predicted octanol–water partition coefficient (Wildman–Crippen LogP) is 3.18. The molecule has 1 atom stereocenters. The normalized spacial score (nSPS) is 12.9. The molecule has 1 unspecified atom stereocenters. The molecule has 9 heteroatoms. The summed E-state index contributed by atoms with van der Waals surface area (Å²) in [5.41, 5.74) is 5.27. The number of alkyl carbamates (subject to hydrolysis) is 1. The monoisotopic (exact) mass is 476 g/mol. The van der Waals surface area contributed by atoms with Crippen LogP contribution in [-0.2, 0) is 20.7 Å². The Labute approximate surface area is 203 Å². The van der Waals surface area contributed by atoms with Crippen LogP contribution in [0.3, 0.4) is 0 Å². The van der Waals surface area contributed by atoms with Gasteiger partial charge in [-0.1, -0.05) is 48.5 Å². The quantitative estimate of drug-likeness (QED) is 0.413. The lowest BCUT2D eigenvalue weighted by Gasteiger charge is -2.24. The minimum atomic E-state index is -1.04. The van der Waals surface area contributed by atoms with Crippen LogP contribution in [0.15, 0.2) is 61.1 Å². The maximum atomic E-state index is 13.0. The number of amides is 2. The number of carbonyl (C=O) groups excluding carboxylic acids is 2. The van der Waals surface area contributed by atoms with Crippen molar-refractivity contribution in [3.63, 3.8) is 0 Å². The lowest BCUT2D eigenvalue weighted by molar-refractivity contribution is -0.137. The topological polar surface area (TPSA) is 125 Å². The fraction of sp³-hybridized carbons (Fsp3) is 0.308. The Morgan fingerprint density at radius 3 is 2.37 bits per heavy atom. The van der Waals surface area contributed by atoms with Crippen molar-refractivity contribution in [3.05, 3.63) is 77.9 Å². The summed E-state index contributed by atoms with van der Waals surface area (Å²) in [6.07, 6.45) is 2.75. The van der Waals surface area contributed by atoms with E-state index in [1.807, 2.05) is 48.5 Å². The van der Waals surface area contributed by atoms with Crippen LogP contribution in [0.2, 0.25) is 0 Å². The molecule has 1 heterocycles. The fourth-order valence-corrected chi connectivity index (χ4v) is 4.39. The zero-order valence-corrected chi connectivity index (χ0v) is 19.4. The van der Waals surface area contributed by atoms with Gasteiger partial charge in [-0.2, -0.15) is 0 Å². The SMILES string of the molecule is CN(CCc1cnc[nH]1)C(=O)C(CCC(=O)O)NC(=O)OCC1c2ccccc2-c2ccccc21. The van der Waals surface area contributed by atoms with Gasteiger partial charge in [-0.15, -0.1) is 0 Å². The van der Waals surface area contributed by atoms with Crippen molar-refractivity contribution in [1.82, 2.24) is 20.2 Å². The molecule has 1 aliphatic carbocycles. The Morgan fingerprint density at radius 2 is 1.77 bits per heavy atom. The standard InChI is InChI=1S/C26H28N4O5/c1-30(13-12-17-14-27-16-28-17)25(33)23(10-11-24(31)32)29-26(34)35-15-22-20-8-4-2-6-18(20)19-7-3-5-9-21(19)22/h2-9,14,16,22-23H,10-13,15H2,1H3,(H,27,28)(H,29,34)(H,31,32). The minimum absolute atomic E-state index is 0.0350. The molecule has 182 valence electrons. The third-order valence-electron chi connectivity index (χ3n) is 6.23. The Morgan fingerprint density at radius 1 is 1.11 bits per heavy atom. The van der Waals surface area contributed by atoms with E-state index in [1.54, 1.807) is 19.6 Å². The first-order chi connectivity index (χ1) is 16.9. The molecule has 9 nitrogen and oxygen atoms in total. The zero-order valence-electron chi connectivity index (χ0n) is 19.4. The number of ether oxygens (including phenoxy) is 1. The molecule has 3 aromatic rings. The number of aromatic amines is 1. The number of carbonyl (C=O) groups is 3. The summed E-state index contributed by atoms with van der Waals surface area (Å²) in [7, 11) is 1.62. The van der Waals surface area contributed by atoms with Crippen LogP contribution in [0.5, 0.6) is 0 Å². The van der Waals surface area contributed by atoms with Crippen LogP contribution in [0.25, 0.3) is 11.1 Å². The van der Waals surface area contributed by atoms with Gasteiger partial charge >= 0.3 is 12.1 Å². The number of nitrogens with one attached hydrogen (secondary N) is 2. The van der Waals surface area contributed by atoms with Crippen molar-refractivity contribution in [1.29, 1.82) is 0 Å². The first-order valence-corrected chi connectivity index (χ1v) is 11.5. The molecule has 0 radical (unpaired) electrons. The first-order valence-electron chi connectivity index (χ1n) is 11.5. The van der Waals surface area contributed by atoms with Gasteiger partial charge in [-0.05, 0) is 28.7 Å². The van der Waals surface area contributed by atoms with Gasteiger partial charge in [0.25, 0.3) is 0 Å². The number of rotatable bonds is 10. The number of benzene rings is 2. The molecule has 4 rings (SSSR count). The number of nitrogens with zero attached hydrogens (tertiary/aromatic N) is 2. The van der Waals surface area contributed by atoms with E-state index in [9.17, 15) is 14.4 Å². The number of imidazole rings is 1. The van der Waals surface area contributed by atoms with Crippen LogP contribution in [0.1, 0.15) is 35.6 Å².